The highest BCUT2D eigenvalue weighted by molar-refractivity contribution is 5.69. The molecule has 2 unspecified atom stereocenters. The van der Waals surface area contributed by atoms with Crippen LogP contribution in [0.1, 0.15) is 32.6 Å². The van der Waals surface area contributed by atoms with E-state index in [9.17, 15) is 4.79 Å². The lowest BCUT2D eigenvalue weighted by molar-refractivity contribution is -0.883. The summed E-state index contributed by atoms with van der Waals surface area (Å²) in [5.74, 6) is 2.54. The monoisotopic (exact) mass is 298 g/mol. The summed E-state index contributed by atoms with van der Waals surface area (Å²) in [4.78, 5) is 11.5. The second kappa shape index (κ2) is 9.04. The minimum Gasteiger partial charge on any atom is -0.462 e. The fourth-order valence-corrected chi connectivity index (χ4v) is 2.16. The molecule has 1 rings (SSSR count). The Balaban J connectivity index is 2.27. The number of rotatable bonds is 8. The molecule has 0 aromatic carbocycles. The zero-order valence-corrected chi connectivity index (χ0v) is 13.5. The lowest BCUT2D eigenvalue weighted by Gasteiger charge is -2.31. The van der Waals surface area contributed by atoms with Crippen molar-refractivity contribution in [2.24, 2.45) is 0 Å². The van der Waals surface area contributed by atoms with Gasteiger partial charge in [-0.2, -0.15) is 0 Å². The van der Waals surface area contributed by atoms with Gasteiger partial charge in [-0.05, 0) is 12.3 Å². The molecule has 0 bridgehead atoms. The van der Waals surface area contributed by atoms with Crippen molar-refractivity contribution in [3.63, 3.8) is 0 Å². The van der Waals surface area contributed by atoms with E-state index >= 15 is 0 Å². The number of carbonyl (C=O) groups is 1. The molecule has 21 heavy (non-hydrogen) atoms. The second-order valence-corrected chi connectivity index (χ2v) is 6.08. The topological polar surface area (TPSA) is 44.8 Å². The lowest BCUT2D eigenvalue weighted by Crippen LogP contribution is -2.43. The summed E-state index contributed by atoms with van der Waals surface area (Å²) in [6.45, 7) is 4.61. The van der Waals surface area contributed by atoms with Crippen LogP contribution in [0.2, 0.25) is 0 Å². The maximum absolute atomic E-state index is 11.5. The Labute approximate surface area is 128 Å². The number of quaternary nitrogens is 1. The molecular weight excluding hydrogens is 270 g/mol. The van der Waals surface area contributed by atoms with Crippen LogP contribution in [-0.4, -0.2) is 63.2 Å². The smallest absolute Gasteiger partial charge is 0.306 e. The van der Waals surface area contributed by atoms with Gasteiger partial charge in [0.25, 0.3) is 0 Å². The molecule has 0 aromatic rings. The first kappa shape index (κ1) is 18.0. The first-order valence-electron chi connectivity index (χ1n) is 7.65. The standard InChI is InChI=1S/C16H28NO4/c1-5-7-15(18)21-14-8-11-19-16(13-14)20-12-10-17(3,4)9-6-2/h2,14,16H,5,7-13H2,1,3-4H3/q+1. The summed E-state index contributed by atoms with van der Waals surface area (Å²) in [5.41, 5.74) is 0. The van der Waals surface area contributed by atoms with E-state index in [0.717, 1.165) is 23.9 Å². The second-order valence-electron chi connectivity index (χ2n) is 6.08. The van der Waals surface area contributed by atoms with Crippen LogP contribution in [0.25, 0.3) is 0 Å². The van der Waals surface area contributed by atoms with E-state index in [4.69, 9.17) is 20.6 Å². The molecule has 0 saturated carbocycles. The zero-order valence-electron chi connectivity index (χ0n) is 13.5. The van der Waals surface area contributed by atoms with E-state index in [1.54, 1.807) is 0 Å². The van der Waals surface area contributed by atoms with Crippen molar-refractivity contribution in [2.45, 2.75) is 45.0 Å². The molecule has 0 spiro atoms. The minimum absolute atomic E-state index is 0.0870. The van der Waals surface area contributed by atoms with Crippen molar-refractivity contribution in [1.29, 1.82) is 0 Å². The van der Waals surface area contributed by atoms with Crippen molar-refractivity contribution in [3.8, 4) is 12.3 Å². The number of terminal acetylenes is 1. The van der Waals surface area contributed by atoms with E-state index in [0.29, 0.717) is 32.6 Å². The van der Waals surface area contributed by atoms with Gasteiger partial charge in [0.2, 0.25) is 0 Å². The van der Waals surface area contributed by atoms with Crippen LogP contribution in [0.4, 0.5) is 0 Å². The van der Waals surface area contributed by atoms with Crippen LogP contribution in [-0.2, 0) is 19.0 Å². The van der Waals surface area contributed by atoms with Gasteiger partial charge in [-0.3, -0.25) is 4.79 Å². The third kappa shape index (κ3) is 7.47. The average molecular weight is 298 g/mol. The lowest BCUT2D eigenvalue weighted by atomic mass is 10.1. The normalized spacial score (nSPS) is 22.6. The van der Waals surface area contributed by atoms with Crippen molar-refractivity contribution in [3.05, 3.63) is 0 Å². The number of esters is 1. The number of hydrogen-bond donors (Lipinski definition) is 0. The molecular formula is C16H28NO4+. The predicted molar refractivity (Wildman–Crippen MR) is 80.4 cm³/mol. The first-order chi connectivity index (χ1) is 9.96. The van der Waals surface area contributed by atoms with Crippen LogP contribution in [0.5, 0.6) is 0 Å². The highest BCUT2D eigenvalue weighted by Crippen LogP contribution is 2.18. The van der Waals surface area contributed by atoms with Gasteiger partial charge in [-0.1, -0.05) is 6.92 Å². The Morgan fingerprint density at radius 1 is 1.48 bits per heavy atom. The molecule has 1 saturated heterocycles. The van der Waals surface area contributed by atoms with Crippen LogP contribution >= 0.6 is 0 Å². The van der Waals surface area contributed by atoms with Crippen LogP contribution in [0, 0.1) is 12.3 Å². The Morgan fingerprint density at radius 3 is 2.90 bits per heavy atom. The largest absolute Gasteiger partial charge is 0.462 e. The Bertz CT molecular complexity index is 362. The summed E-state index contributed by atoms with van der Waals surface area (Å²) in [5, 5.41) is 0. The van der Waals surface area contributed by atoms with Gasteiger partial charge in [0.1, 0.15) is 19.2 Å². The fraction of sp³-hybridized carbons (Fsp3) is 0.812. The quantitative estimate of drug-likeness (QED) is 0.387. The van der Waals surface area contributed by atoms with Gasteiger partial charge < -0.3 is 18.7 Å². The van der Waals surface area contributed by atoms with Crippen molar-refractivity contribution < 1.29 is 23.5 Å². The van der Waals surface area contributed by atoms with Crippen molar-refractivity contribution >= 4 is 5.97 Å². The summed E-state index contributed by atoms with van der Waals surface area (Å²) in [7, 11) is 4.14. The SMILES string of the molecule is C#CC[N+](C)(C)CCOC1CC(OC(=O)CCC)CCO1. The summed E-state index contributed by atoms with van der Waals surface area (Å²) >= 11 is 0. The van der Waals surface area contributed by atoms with Crippen LogP contribution in [0.3, 0.4) is 0 Å². The van der Waals surface area contributed by atoms with Gasteiger partial charge in [0, 0.05) is 19.3 Å². The van der Waals surface area contributed by atoms with Crippen LogP contribution < -0.4 is 0 Å². The molecule has 1 aliphatic rings. The van der Waals surface area contributed by atoms with Gasteiger partial charge in [-0.25, -0.2) is 0 Å². The van der Waals surface area contributed by atoms with Gasteiger partial charge >= 0.3 is 5.97 Å². The summed E-state index contributed by atoms with van der Waals surface area (Å²) in [6.07, 6.45) is 7.60. The summed E-state index contributed by atoms with van der Waals surface area (Å²) in [6, 6.07) is 0. The number of ether oxygens (including phenoxy) is 3. The third-order valence-electron chi connectivity index (χ3n) is 3.47. The molecule has 1 heterocycles. The third-order valence-corrected chi connectivity index (χ3v) is 3.47. The molecule has 120 valence electrons. The highest BCUT2D eigenvalue weighted by atomic mass is 16.7. The zero-order chi connectivity index (χ0) is 15.7. The molecule has 0 radical (unpaired) electrons. The molecule has 0 amide bonds. The highest BCUT2D eigenvalue weighted by Gasteiger charge is 2.26. The average Bonchev–Trinajstić information content (AvgIpc) is 2.39. The van der Waals surface area contributed by atoms with Gasteiger partial charge in [0.05, 0.1) is 27.3 Å². The van der Waals surface area contributed by atoms with Crippen LogP contribution in [0.15, 0.2) is 0 Å². The minimum atomic E-state index is -0.288. The molecule has 2 atom stereocenters. The predicted octanol–water partition coefficient (Wildman–Crippen LogP) is 1.56. The Morgan fingerprint density at radius 2 is 2.24 bits per heavy atom. The molecule has 1 fully saturated rings. The number of hydrogen-bond acceptors (Lipinski definition) is 4. The molecule has 5 nitrogen and oxygen atoms in total. The first-order valence-corrected chi connectivity index (χ1v) is 7.65. The van der Waals surface area contributed by atoms with E-state index in [2.05, 4.69) is 20.0 Å². The molecule has 1 aliphatic heterocycles. The van der Waals surface area contributed by atoms with Gasteiger partial charge in [0.15, 0.2) is 6.29 Å². The van der Waals surface area contributed by atoms with E-state index < -0.39 is 0 Å². The Hall–Kier alpha value is -1.09. The number of likely N-dealkylation sites (N-methyl/N-ethyl adjacent to an activating group) is 1. The van der Waals surface area contributed by atoms with E-state index in [-0.39, 0.29) is 18.4 Å². The number of carbonyl (C=O) groups excluding carboxylic acids is 1. The van der Waals surface area contributed by atoms with Crippen molar-refractivity contribution in [1.82, 2.24) is 0 Å². The number of nitrogens with zero attached hydrogens (tertiary/aromatic N) is 1. The maximum Gasteiger partial charge on any atom is 0.306 e. The molecule has 0 aromatic heterocycles. The van der Waals surface area contributed by atoms with Crippen molar-refractivity contribution in [2.75, 3.05) is 40.4 Å². The van der Waals surface area contributed by atoms with E-state index in [1.807, 2.05) is 6.92 Å². The fourth-order valence-electron chi connectivity index (χ4n) is 2.16. The summed E-state index contributed by atoms with van der Waals surface area (Å²) < 4.78 is 17.4. The van der Waals surface area contributed by atoms with E-state index in [1.165, 1.54) is 0 Å². The maximum atomic E-state index is 11.5. The van der Waals surface area contributed by atoms with Gasteiger partial charge in [-0.15, -0.1) is 6.42 Å². The molecule has 5 heteroatoms. The molecule has 0 N–H and O–H groups in total. The molecule has 0 aliphatic carbocycles. The Kier molecular flexibility index (Phi) is 7.73.